The zero-order valence-corrected chi connectivity index (χ0v) is 15.3. The van der Waals surface area contributed by atoms with Crippen LogP contribution in [0.1, 0.15) is 5.56 Å². The molecule has 0 fully saturated rings. The molecular formula is C24H19N2O+. The number of hydrogen-bond donors (Lipinski definition) is 0. The second kappa shape index (κ2) is 6.06. The third-order valence-electron chi connectivity index (χ3n) is 5.14. The van der Waals surface area contributed by atoms with Gasteiger partial charge in [0, 0.05) is 40.2 Å². The van der Waals surface area contributed by atoms with Crippen molar-refractivity contribution >= 4 is 22.1 Å². The fourth-order valence-corrected chi connectivity index (χ4v) is 3.78. The number of aryl methyl sites for hydroxylation is 2. The standard InChI is InChI=1S/C24H19N2O/c1-16-15-17(11-12-18(16)22-10-3-4-14-26(22)2)19-7-5-8-20-21-9-6-13-25-24(21)27-23(19)20/h3-15H,1-2H3/q+1. The molecule has 27 heavy (non-hydrogen) atoms. The number of furan rings is 1. The zero-order chi connectivity index (χ0) is 18.4. The Morgan fingerprint density at radius 3 is 2.59 bits per heavy atom. The second-order valence-corrected chi connectivity index (χ2v) is 6.87. The summed E-state index contributed by atoms with van der Waals surface area (Å²) < 4.78 is 8.24. The van der Waals surface area contributed by atoms with Crippen molar-refractivity contribution in [3.05, 3.63) is 84.7 Å². The lowest BCUT2D eigenvalue weighted by atomic mass is 9.96. The van der Waals surface area contributed by atoms with Gasteiger partial charge in [-0.25, -0.2) is 9.55 Å². The van der Waals surface area contributed by atoms with Crippen LogP contribution in [-0.2, 0) is 7.05 Å². The Morgan fingerprint density at radius 1 is 0.852 bits per heavy atom. The number of nitrogens with zero attached hydrogens (tertiary/aromatic N) is 2. The third-order valence-corrected chi connectivity index (χ3v) is 5.14. The summed E-state index contributed by atoms with van der Waals surface area (Å²) in [7, 11) is 2.07. The first-order valence-electron chi connectivity index (χ1n) is 9.05. The molecular weight excluding hydrogens is 332 g/mol. The Morgan fingerprint density at radius 2 is 1.74 bits per heavy atom. The van der Waals surface area contributed by atoms with Gasteiger partial charge in [0.15, 0.2) is 6.20 Å². The van der Waals surface area contributed by atoms with Gasteiger partial charge in [-0.05, 0) is 42.3 Å². The Bertz CT molecular complexity index is 1300. The molecule has 5 aromatic rings. The van der Waals surface area contributed by atoms with Crippen molar-refractivity contribution in [2.75, 3.05) is 0 Å². The molecule has 2 aromatic carbocycles. The van der Waals surface area contributed by atoms with Gasteiger partial charge in [-0.2, -0.15) is 0 Å². The summed E-state index contributed by atoms with van der Waals surface area (Å²) in [6, 6.07) is 23.2. The van der Waals surface area contributed by atoms with Crippen molar-refractivity contribution in [1.29, 1.82) is 0 Å². The number of fused-ring (bicyclic) bond motifs is 3. The smallest absolute Gasteiger partial charge is 0.227 e. The highest BCUT2D eigenvalue weighted by molar-refractivity contribution is 6.08. The van der Waals surface area contributed by atoms with Gasteiger partial charge in [0.05, 0.1) is 0 Å². The van der Waals surface area contributed by atoms with Gasteiger partial charge in [-0.15, -0.1) is 0 Å². The number of para-hydroxylation sites is 1. The van der Waals surface area contributed by atoms with Crippen molar-refractivity contribution < 1.29 is 8.98 Å². The SMILES string of the molecule is Cc1cc(-c2cccc3c2oc2ncccc23)ccc1-c1cccc[n+]1C. The summed E-state index contributed by atoms with van der Waals surface area (Å²) in [5.74, 6) is 0. The lowest BCUT2D eigenvalue weighted by molar-refractivity contribution is -0.660. The van der Waals surface area contributed by atoms with E-state index < -0.39 is 0 Å². The third kappa shape index (κ3) is 2.51. The van der Waals surface area contributed by atoms with Gasteiger partial charge in [0.25, 0.3) is 0 Å². The Kier molecular flexibility index (Phi) is 3.54. The highest BCUT2D eigenvalue weighted by Gasteiger charge is 2.15. The number of hydrogen-bond acceptors (Lipinski definition) is 2. The maximum absolute atomic E-state index is 6.10. The molecule has 0 spiro atoms. The van der Waals surface area contributed by atoms with Crippen LogP contribution in [0.5, 0.6) is 0 Å². The van der Waals surface area contributed by atoms with Crippen LogP contribution in [0.2, 0.25) is 0 Å². The molecule has 130 valence electrons. The number of benzene rings is 2. The number of aromatic nitrogens is 2. The van der Waals surface area contributed by atoms with Gasteiger partial charge in [-0.3, -0.25) is 0 Å². The maximum atomic E-state index is 6.10. The Balaban J connectivity index is 1.70. The average molecular weight is 351 g/mol. The molecule has 0 N–H and O–H groups in total. The molecule has 0 unspecified atom stereocenters. The zero-order valence-electron chi connectivity index (χ0n) is 15.3. The molecule has 3 aromatic heterocycles. The number of rotatable bonds is 2. The average Bonchev–Trinajstić information content (AvgIpc) is 3.07. The Hall–Kier alpha value is -3.46. The summed E-state index contributed by atoms with van der Waals surface area (Å²) >= 11 is 0. The van der Waals surface area contributed by atoms with Crippen LogP contribution in [0.15, 0.2) is 83.5 Å². The molecule has 0 amide bonds. The van der Waals surface area contributed by atoms with E-state index in [0.29, 0.717) is 5.71 Å². The summed E-state index contributed by atoms with van der Waals surface area (Å²) in [5.41, 5.74) is 7.50. The van der Waals surface area contributed by atoms with Gasteiger partial charge in [0.2, 0.25) is 11.4 Å². The molecule has 0 saturated heterocycles. The van der Waals surface area contributed by atoms with Crippen LogP contribution in [0, 0.1) is 6.92 Å². The fraction of sp³-hybridized carbons (Fsp3) is 0.0833. The maximum Gasteiger partial charge on any atom is 0.227 e. The second-order valence-electron chi connectivity index (χ2n) is 6.87. The molecule has 5 rings (SSSR count). The van der Waals surface area contributed by atoms with Crippen LogP contribution in [-0.4, -0.2) is 4.98 Å². The molecule has 3 nitrogen and oxygen atoms in total. The van der Waals surface area contributed by atoms with Crippen molar-refractivity contribution in [1.82, 2.24) is 4.98 Å². The van der Waals surface area contributed by atoms with Gasteiger partial charge < -0.3 is 4.42 Å². The van der Waals surface area contributed by atoms with E-state index in [1.54, 1.807) is 6.20 Å². The quantitative estimate of drug-likeness (QED) is 0.396. The summed E-state index contributed by atoms with van der Waals surface area (Å²) in [6.45, 7) is 2.16. The molecule has 0 aliphatic carbocycles. The lowest BCUT2D eigenvalue weighted by Crippen LogP contribution is -2.30. The van der Waals surface area contributed by atoms with E-state index in [4.69, 9.17) is 4.42 Å². The van der Waals surface area contributed by atoms with Crippen molar-refractivity contribution in [3.8, 4) is 22.4 Å². The van der Waals surface area contributed by atoms with Gasteiger partial charge in [-0.1, -0.05) is 30.3 Å². The van der Waals surface area contributed by atoms with E-state index in [0.717, 1.165) is 27.5 Å². The normalized spacial score (nSPS) is 11.3. The highest BCUT2D eigenvalue weighted by atomic mass is 16.3. The topological polar surface area (TPSA) is 29.9 Å². The van der Waals surface area contributed by atoms with E-state index in [-0.39, 0.29) is 0 Å². The van der Waals surface area contributed by atoms with E-state index in [1.807, 2.05) is 12.1 Å². The van der Waals surface area contributed by atoms with Crippen LogP contribution in [0.3, 0.4) is 0 Å². The minimum atomic E-state index is 0.685. The lowest BCUT2D eigenvalue weighted by Gasteiger charge is -2.08. The van der Waals surface area contributed by atoms with Crippen LogP contribution < -0.4 is 4.57 Å². The molecule has 0 aliphatic rings. The molecule has 3 heterocycles. The predicted molar refractivity (Wildman–Crippen MR) is 108 cm³/mol. The van der Waals surface area contributed by atoms with Gasteiger partial charge in [0.1, 0.15) is 12.6 Å². The Labute approximate surface area is 157 Å². The number of pyridine rings is 2. The van der Waals surface area contributed by atoms with Gasteiger partial charge >= 0.3 is 0 Å². The molecule has 3 heteroatoms. The molecule has 0 atom stereocenters. The minimum Gasteiger partial charge on any atom is -0.437 e. The fourth-order valence-electron chi connectivity index (χ4n) is 3.78. The largest absolute Gasteiger partial charge is 0.437 e. The van der Waals surface area contributed by atoms with Crippen LogP contribution in [0.4, 0.5) is 0 Å². The monoisotopic (exact) mass is 351 g/mol. The predicted octanol–water partition coefficient (Wildman–Crippen LogP) is 5.45. The first-order chi connectivity index (χ1) is 13.2. The summed E-state index contributed by atoms with van der Waals surface area (Å²) in [4.78, 5) is 4.36. The molecule has 0 bridgehead atoms. The van der Waals surface area contributed by atoms with Crippen molar-refractivity contribution in [2.45, 2.75) is 6.92 Å². The molecule has 0 aliphatic heterocycles. The van der Waals surface area contributed by atoms with Crippen LogP contribution in [0.25, 0.3) is 44.5 Å². The van der Waals surface area contributed by atoms with E-state index >= 15 is 0 Å². The first-order valence-corrected chi connectivity index (χ1v) is 9.05. The van der Waals surface area contributed by atoms with E-state index in [9.17, 15) is 0 Å². The van der Waals surface area contributed by atoms with E-state index in [2.05, 4.69) is 84.3 Å². The van der Waals surface area contributed by atoms with Crippen LogP contribution >= 0.6 is 0 Å². The van der Waals surface area contributed by atoms with Crippen molar-refractivity contribution in [2.24, 2.45) is 7.05 Å². The summed E-state index contributed by atoms with van der Waals surface area (Å²) in [5, 5.41) is 2.16. The minimum absolute atomic E-state index is 0.685. The molecule has 0 radical (unpaired) electrons. The van der Waals surface area contributed by atoms with E-state index in [1.165, 1.54) is 16.8 Å². The summed E-state index contributed by atoms with van der Waals surface area (Å²) in [6.07, 6.45) is 3.84. The molecule has 0 saturated carbocycles. The van der Waals surface area contributed by atoms with Crippen molar-refractivity contribution in [3.63, 3.8) is 0 Å². The highest BCUT2D eigenvalue weighted by Crippen LogP contribution is 2.36. The first kappa shape index (κ1) is 15.8.